The van der Waals surface area contributed by atoms with Crippen molar-refractivity contribution >= 4 is 53.0 Å². The molecule has 1 saturated heterocycles. The summed E-state index contributed by atoms with van der Waals surface area (Å²) in [5.41, 5.74) is 3.85. The van der Waals surface area contributed by atoms with Gasteiger partial charge >= 0.3 is 0 Å². The molecule has 266 valence electrons. The molecule has 4 rings (SSSR count). The first-order chi connectivity index (χ1) is 22.9. The minimum Gasteiger partial charge on any atom is -0.372 e. The Balaban J connectivity index is 1.52. The van der Waals surface area contributed by atoms with Crippen molar-refractivity contribution in [3.63, 3.8) is 0 Å². The van der Waals surface area contributed by atoms with Gasteiger partial charge in [0.15, 0.2) is 9.84 Å². The summed E-state index contributed by atoms with van der Waals surface area (Å²) < 4.78 is 49.4. The molecule has 9 nitrogen and oxygen atoms in total. The van der Waals surface area contributed by atoms with Gasteiger partial charge in [-0.15, -0.1) is 11.3 Å². The summed E-state index contributed by atoms with van der Waals surface area (Å²) in [5.74, 6) is -1.24. The summed E-state index contributed by atoms with van der Waals surface area (Å²) >= 11 is 1.22. The third-order valence-electron chi connectivity index (χ3n) is 9.44. The first-order valence-electron chi connectivity index (χ1n) is 17.7. The predicted octanol–water partition coefficient (Wildman–Crippen LogP) is 7.30. The summed E-state index contributed by atoms with van der Waals surface area (Å²) in [5, 5.41) is 7.94. The van der Waals surface area contributed by atoms with E-state index in [9.17, 15) is 21.6 Å². The number of anilines is 1. The molecule has 2 aromatic carbocycles. The summed E-state index contributed by atoms with van der Waals surface area (Å²) in [6.07, 6.45) is 17.0. The van der Waals surface area contributed by atoms with Crippen molar-refractivity contribution in [2.24, 2.45) is 5.14 Å². The first kappa shape index (κ1) is 38.3. The standard InChI is InChI=1S/C36H54N4O5S3/c1-3-4-5-6-7-8-9-10-11-12-13-14-22-36(47(2,42)43,34(41)38-23-26-48(37,44)45)35-39-32-21-20-30(28-33(32)46-35)29-18-17-19-31(27-29)40-24-15-16-25-40/h17-21,27-28H,3-16,22-26H2,1-2H3,(H,38,41)(H2,37,44,45). The van der Waals surface area contributed by atoms with E-state index in [4.69, 9.17) is 10.1 Å². The van der Waals surface area contributed by atoms with Crippen LogP contribution in [0.5, 0.6) is 0 Å². The average Bonchev–Trinajstić information content (AvgIpc) is 3.73. The van der Waals surface area contributed by atoms with Crippen molar-refractivity contribution in [3.05, 3.63) is 47.5 Å². The van der Waals surface area contributed by atoms with Gasteiger partial charge in [-0.3, -0.25) is 4.79 Å². The molecule has 1 aliphatic heterocycles. The molecule has 1 unspecified atom stereocenters. The zero-order valence-electron chi connectivity index (χ0n) is 28.7. The Morgan fingerprint density at radius 3 is 2.08 bits per heavy atom. The van der Waals surface area contributed by atoms with Crippen LogP contribution in [0.15, 0.2) is 42.5 Å². The highest BCUT2D eigenvalue weighted by molar-refractivity contribution is 7.92. The maximum absolute atomic E-state index is 13.9. The number of aromatic nitrogens is 1. The SMILES string of the molecule is CCCCCCCCCCCCCCC(C(=O)NCCS(N)(=O)=O)(c1nc2ccc(-c3cccc(N4CCCC4)c3)cc2s1)S(C)(=O)=O. The molecule has 3 aromatic rings. The number of sulfonamides is 1. The Hall–Kier alpha value is -2.54. The smallest absolute Gasteiger partial charge is 0.248 e. The van der Waals surface area contributed by atoms with E-state index in [-0.39, 0.29) is 18.0 Å². The van der Waals surface area contributed by atoms with Crippen LogP contribution >= 0.6 is 11.3 Å². The molecular formula is C36H54N4O5S3. The van der Waals surface area contributed by atoms with Gasteiger partial charge in [-0.05, 0) is 54.7 Å². The maximum atomic E-state index is 13.9. The molecule has 0 radical (unpaired) electrons. The zero-order valence-corrected chi connectivity index (χ0v) is 31.2. The number of nitrogens with one attached hydrogen (secondary N) is 1. The molecule has 0 bridgehead atoms. The van der Waals surface area contributed by atoms with Crippen LogP contribution in [0.3, 0.4) is 0 Å². The van der Waals surface area contributed by atoms with Gasteiger partial charge < -0.3 is 10.2 Å². The van der Waals surface area contributed by atoms with Crippen LogP contribution in [0, 0.1) is 0 Å². The van der Waals surface area contributed by atoms with Gasteiger partial charge in [0, 0.05) is 31.6 Å². The van der Waals surface area contributed by atoms with Gasteiger partial charge in [0.1, 0.15) is 5.01 Å². The number of fused-ring (bicyclic) bond motifs is 1. The molecule has 3 N–H and O–H groups in total. The van der Waals surface area contributed by atoms with Crippen LogP contribution < -0.4 is 15.4 Å². The number of hydrogen-bond acceptors (Lipinski definition) is 8. The molecule has 2 heterocycles. The minimum absolute atomic E-state index is 0.0645. The lowest BCUT2D eigenvalue weighted by Crippen LogP contribution is -2.50. The Morgan fingerprint density at radius 2 is 1.48 bits per heavy atom. The first-order valence-corrected chi connectivity index (χ1v) is 22.1. The lowest BCUT2D eigenvalue weighted by molar-refractivity contribution is -0.124. The third kappa shape index (κ3) is 10.5. The van der Waals surface area contributed by atoms with Gasteiger partial charge in [-0.2, -0.15) is 0 Å². The molecule has 0 aliphatic carbocycles. The van der Waals surface area contributed by atoms with Crippen LogP contribution in [-0.4, -0.2) is 59.4 Å². The molecular weight excluding hydrogens is 665 g/mol. The van der Waals surface area contributed by atoms with Crippen LogP contribution in [0.25, 0.3) is 21.3 Å². The van der Waals surface area contributed by atoms with Crippen molar-refractivity contribution in [1.29, 1.82) is 0 Å². The second kappa shape index (κ2) is 17.9. The molecule has 1 amide bonds. The fourth-order valence-corrected chi connectivity index (χ4v) is 10.00. The van der Waals surface area contributed by atoms with E-state index in [2.05, 4.69) is 41.4 Å². The Labute approximate surface area is 292 Å². The number of nitrogens with two attached hydrogens (primary N) is 1. The van der Waals surface area contributed by atoms with E-state index >= 15 is 0 Å². The molecule has 1 aromatic heterocycles. The number of primary sulfonamides is 1. The highest BCUT2D eigenvalue weighted by Gasteiger charge is 2.51. The zero-order chi connectivity index (χ0) is 34.6. The van der Waals surface area contributed by atoms with E-state index in [0.717, 1.165) is 60.9 Å². The lowest BCUT2D eigenvalue weighted by atomic mass is 9.98. The maximum Gasteiger partial charge on any atom is 0.248 e. The van der Waals surface area contributed by atoms with E-state index in [1.165, 1.54) is 74.8 Å². The topological polar surface area (TPSA) is 140 Å². The summed E-state index contributed by atoms with van der Waals surface area (Å²) in [7, 11) is -7.88. The van der Waals surface area contributed by atoms with E-state index in [1.54, 1.807) is 0 Å². The highest BCUT2D eigenvalue weighted by atomic mass is 32.2. The van der Waals surface area contributed by atoms with E-state index in [1.807, 2.05) is 18.2 Å². The number of carbonyl (C=O) groups excluding carboxylic acids is 1. The van der Waals surface area contributed by atoms with Crippen molar-refractivity contribution in [3.8, 4) is 11.1 Å². The number of rotatable bonds is 21. The second-order valence-corrected chi connectivity index (χ2v) is 18.3. The Kier molecular flexibility index (Phi) is 14.3. The molecule has 0 saturated carbocycles. The van der Waals surface area contributed by atoms with Gasteiger partial charge in [-0.1, -0.05) is 102 Å². The van der Waals surface area contributed by atoms with Crippen LogP contribution in [-0.2, 0) is 29.4 Å². The number of hydrogen-bond donors (Lipinski definition) is 2. The number of nitrogens with zero attached hydrogens (tertiary/aromatic N) is 2. The Morgan fingerprint density at radius 1 is 0.875 bits per heavy atom. The fraction of sp³-hybridized carbons (Fsp3) is 0.611. The number of benzene rings is 2. The average molecular weight is 719 g/mol. The van der Waals surface area contributed by atoms with Crippen molar-refractivity contribution in [2.75, 3.05) is 36.5 Å². The number of thiazole rings is 1. The monoisotopic (exact) mass is 718 g/mol. The number of sulfone groups is 1. The van der Waals surface area contributed by atoms with Gasteiger partial charge in [0.25, 0.3) is 0 Å². The van der Waals surface area contributed by atoms with Crippen molar-refractivity contribution in [1.82, 2.24) is 10.3 Å². The van der Waals surface area contributed by atoms with Gasteiger partial charge in [-0.25, -0.2) is 27.0 Å². The van der Waals surface area contributed by atoms with Crippen LogP contribution in [0.4, 0.5) is 5.69 Å². The normalized spacial score (nSPS) is 15.2. The van der Waals surface area contributed by atoms with Crippen molar-refractivity contribution in [2.45, 2.75) is 108 Å². The summed E-state index contributed by atoms with van der Waals surface area (Å²) in [6.45, 7) is 4.04. The van der Waals surface area contributed by atoms with Crippen LogP contribution in [0.2, 0.25) is 0 Å². The summed E-state index contributed by atoms with van der Waals surface area (Å²) in [6, 6.07) is 14.3. The molecule has 12 heteroatoms. The second-order valence-electron chi connectivity index (χ2n) is 13.3. The fourth-order valence-electron chi connectivity index (χ4n) is 6.63. The predicted molar refractivity (Wildman–Crippen MR) is 200 cm³/mol. The molecule has 48 heavy (non-hydrogen) atoms. The van der Waals surface area contributed by atoms with Gasteiger partial charge in [0.2, 0.25) is 20.7 Å². The largest absolute Gasteiger partial charge is 0.372 e. The van der Waals surface area contributed by atoms with Gasteiger partial charge in [0.05, 0.1) is 16.0 Å². The number of carbonyl (C=O) groups is 1. The molecule has 1 fully saturated rings. The quantitative estimate of drug-likeness (QED) is 0.110. The molecule has 1 atom stereocenters. The molecule has 1 aliphatic rings. The minimum atomic E-state index is -4.03. The number of amides is 1. The third-order valence-corrected chi connectivity index (χ3v) is 13.4. The van der Waals surface area contributed by atoms with Crippen LogP contribution in [0.1, 0.15) is 108 Å². The van der Waals surface area contributed by atoms with E-state index in [0.29, 0.717) is 11.9 Å². The van der Waals surface area contributed by atoms with Crippen molar-refractivity contribution < 1.29 is 21.6 Å². The summed E-state index contributed by atoms with van der Waals surface area (Å²) in [4.78, 5) is 21.0. The molecule has 0 spiro atoms. The lowest BCUT2D eigenvalue weighted by Gasteiger charge is -2.29. The van der Waals surface area contributed by atoms with E-state index < -0.39 is 36.3 Å². The highest BCUT2D eigenvalue weighted by Crippen LogP contribution is 2.41. The number of unbranched alkanes of at least 4 members (excludes halogenated alkanes) is 11. The Bertz CT molecular complexity index is 1700.